The van der Waals surface area contributed by atoms with Crippen LogP contribution in [0.25, 0.3) is 17.0 Å². The molecule has 0 radical (unpaired) electrons. The first-order chi connectivity index (χ1) is 7.49. The highest BCUT2D eigenvalue weighted by Crippen LogP contribution is 2.22. The third-order valence-electron chi connectivity index (χ3n) is 2.23. The van der Waals surface area contributed by atoms with E-state index in [9.17, 15) is 13.2 Å². The average Bonchev–Trinajstić information content (AvgIpc) is 2.58. The lowest BCUT2D eigenvalue weighted by molar-refractivity contribution is -0.141. The second-order valence-corrected chi connectivity index (χ2v) is 3.44. The van der Waals surface area contributed by atoms with Gasteiger partial charge in [-0.3, -0.25) is 4.68 Å². The molecule has 0 spiro atoms. The third kappa shape index (κ3) is 2.08. The SMILES string of the molecule is C=Cc1ccc2c(cnn2CC(F)(F)F)c1. The molecule has 0 saturated carbocycles. The maximum absolute atomic E-state index is 12.2. The molecule has 0 amide bonds. The number of benzene rings is 1. The van der Waals surface area contributed by atoms with Gasteiger partial charge in [-0.25, -0.2) is 0 Å². The zero-order chi connectivity index (χ0) is 11.8. The quantitative estimate of drug-likeness (QED) is 0.768. The lowest BCUT2D eigenvalue weighted by atomic mass is 10.1. The molecule has 0 aliphatic heterocycles. The van der Waals surface area contributed by atoms with Crippen LogP contribution in [-0.4, -0.2) is 16.0 Å². The molecule has 0 fully saturated rings. The van der Waals surface area contributed by atoms with Gasteiger partial charge in [-0.1, -0.05) is 18.7 Å². The lowest BCUT2D eigenvalue weighted by Gasteiger charge is -2.07. The first-order valence-corrected chi connectivity index (χ1v) is 4.64. The predicted octanol–water partition coefficient (Wildman–Crippen LogP) is 3.24. The second kappa shape index (κ2) is 3.66. The van der Waals surface area contributed by atoms with Crippen LogP contribution in [0, 0.1) is 0 Å². The van der Waals surface area contributed by atoms with Gasteiger partial charge in [-0.05, 0) is 17.7 Å². The number of alkyl halides is 3. The minimum absolute atomic E-state index is 0.475. The molecule has 1 heterocycles. The molecule has 0 aliphatic rings. The molecular weight excluding hydrogens is 217 g/mol. The number of hydrogen-bond acceptors (Lipinski definition) is 1. The average molecular weight is 226 g/mol. The van der Waals surface area contributed by atoms with Crippen molar-refractivity contribution in [3.8, 4) is 0 Å². The molecule has 0 saturated heterocycles. The van der Waals surface area contributed by atoms with Crippen molar-refractivity contribution >= 4 is 17.0 Å². The monoisotopic (exact) mass is 226 g/mol. The van der Waals surface area contributed by atoms with E-state index in [4.69, 9.17) is 0 Å². The summed E-state index contributed by atoms with van der Waals surface area (Å²) in [5.74, 6) is 0. The Balaban J connectivity index is 2.45. The van der Waals surface area contributed by atoms with Crippen molar-refractivity contribution in [3.63, 3.8) is 0 Å². The van der Waals surface area contributed by atoms with Crippen molar-refractivity contribution in [2.24, 2.45) is 0 Å². The van der Waals surface area contributed by atoms with Gasteiger partial charge < -0.3 is 0 Å². The molecule has 2 rings (SSSR count). The summed E-state index contributed by atoms with van der Waals surface area (Å²) in [6.45, 7) is 2.53. The summed E-state index contributed by atoms with van der Waals surface area (Å²) in [7, 11) is 0. The summed E-state index contributed by atoms with van der Waals surface area (Å²) in [5.41, 5.74) is 1.34. The lowest BCUT2D eigenvalue weighted by Crippen LogP contribution is -2.18. The Hall–Kier alpha value is -1.78. The van der Waals surface area contributed by atoms with Gasteiger partial charge in [0.2, 0.25) is 0 Å². The van der Waals surface area contributed by atoms with E-state index in [1.165, 1.54) is 6.20 Å². The van der Waals surface area contributed by atoms with Gasteiger partial charge in [-0.15, -0.1) is 0 Å². The van der Waals surface area contributed by atoms with Gasteiger partial charge in [0.1, 0.15) is 6.54 Å². The smallest absolute Gasteiger partial charge is 0.256 e. The highest BCUT2D eigenvalue weighted by molar-refractivity contribution is 5.81. The minimum atomic E-state index is -4.25. The summed E-state index contributed by atoms with van der Waals surface area (Å²) in [5, 5.41) is 4.40. The van der Waals surface area contributed by atoms with E-state index < -0.39 is 12.7 Å². The fourth-order valence-electron chi connectivity index (χ4n) is 1.53. The molecule has 84 valence electrons. The van der Waals surface area contributed by atoms with E-state index in [2.05, 4.69) is 11.7 Å². The Morgan fingerprint density at radius 3 is 2.75 bits per heavy atom. The van der Waals surface area contributed by atoms with Gasteiger partial charge in [0, 0.05) is 5.39 Å². The van der Waals surface area contributed by atoms with Crippen LogP contribution >= 0.6 is 0 Å². The van der Waals surface area contributed by atoms with Crippen molar-refractivity contribution in [1.82, 2.24) is 9.78 Å². The van der Waals surface area contributed by atoms with Crippen LogP contribution in [0.5, 0.6) is 0 Å². The summed E-state index contributed by atoms with van der Waals surface area (Å²) >= 11 is 0. The fraction of sp³-hybridized carbons (Fsp3) is 0.182. The zero-order valence-corrected chi connectivity index (χ0v) is 8.33. The Labute approximate surface area is 90.0 Å². The van der Waals surface area contributed by atoms with E-state index in [-0.39, 0.29) is 0 Å². The Morgan fingerprint density at radius 1 is 1.38 bits per heavy atom. The zero-order valence-electron chi connectivity index (χ0n) is 8.33. The van der Waals surface area contributed by atoms with Crippen molar-refractivity contribution in [1.29, 1.82) is 0 Å². The van der Waals surface area contributed by atoms with E-state index in [1.807, 2.05) is 0 Å². The molecule has 0 bridgehead atoms. The Kier molecular flexibility index (Phi) is 2.46. The van der Waals surface area contributed by atoms with Gasteiger partial charge in [0.05, 0.1) is 11.7 Å². The fourth-order valence-corrected chi connectivity index (χ4v) is 1.53. The van der Waals surface area contributed by atoms with Crippen LogP contribution in [0.1, 0.15) is 5.56 Å². The minimum Gasteiger partial charge on any atom is -0.256 e. The van der Waals surface area contributed by atoms with Crippen molar-refractivity contribution < 1.29 is 13.2 Å². The highest BCUT2D eigenvalue weighted by Gasteiger charge is 2.28. The van der Waals surface area contributed by atoms with Gasteiger partial charge >= 0.3 is 6.18 Å². The van der Waals surface area contributed by atoms with Crippen LogP contribution < -0.4 is 0 Å². The molecule has 0 atom stereocenters. The maximum atomic E-state index is 12.2. The molecule has 0 unspecified atom stereocenters. The number of hydrogen-bond donors (Lipinski definition) is 0. The number of aromatic nitrogens is 2. The highest BCUT2D eigenvalue weighted by atomic mass is 19.4. The largest absolute Gasteiger partial charge is 0.408 e. The molecule has 1 aromatic carbocycles. The Morgan fingerprint density at radius 2 is 2.12 bits per heavy atom. The standard InChI is InChI=1S/C11H9F3N2/c1-2-8-3-4-10-9(5-8)6-15-16(10)7-11(12,13)14/h2-6H,1,7H2. The van der Waals surface area contributed by atoms with Crippen LogP contribution in [0.4, 0.5) is 13.2 Å². The van der Waals surface area contributed by atoms with E-state index in [0.717, 1.165) is 10.2 Å². The Bertz CT molecular complexity index is 525. The molecule has 16 heavy (non-hydrogen) atoms. The van der Waals surface area contributed by atoms with Gasteiger partial charge in [0.25, 0.3) is 0 Å². The molecule has 2 nitrogen and oxygen atoms in total. The van der Waals surface area contributed by atoms with Crippen LogP contribution in [0.15, 0.2) is 31.0 Å². The van der Waals surface area contributed by atoms with Crippen molar-refractivity contribution in [2.75, 3.05) is 0 Å². The topological polar surface area (TPSA) is 17.8 Å². The van der Waals surface area contributed by atoms with Crippen molar-refractivity contribution in [2.45, 2.75) is 12.7 Å². The first-order valence-electron chi connectivity index (χ1n) is 4.64. The number of halogens is 3. The summed E-state index contributed by atoms with van der Waals surface area (Å²) in [6, 6.07) is 5.08. The summed E-state index contributed by atoms with van der Waals surface area (Å²) < 4.78 is 37.6. The van der Waals surface area contributed by atoms with E-state index in [1.54, 1.807) is 24.3 Å². The maximum Gasteiger partial charge on any atom is 0.408 e. The summed E-state index contributed by atoms with van der Waals surface area (Å²) in [4.78, 5) is 0. The molecular formula is C11H9F3N2. The normalized spacial score (nSPS) is 11.9. The first kappa shape index (κ1) is 10.7. The van der Waals surface area contributed by atoms with Crippen molar-refractivity contribution in [3.05, 3.63) is 36.5 Å². The third-order valence-corrected chi connectivity index (χ3v) is 2.23. The predicted molar refractivity (Wildman–Crippen MR) is 55.9 cm³/mol. The molecule has 0 aliphatic carbocycles. The second-order valence-electron chi connectivity index (χ2n) is 3.44. The van der Waals surface area contributed by atoms with Crippen LogP contribution in [0.3, 0.4) is 0 Å². The van der Waals surface area contributed by atoms with Gasteiger partial charge in [-0.2, -0.15) is 18.3 Å². The van der Waals surface area contributed by atoms with E-state index >= 15 is 0 Å². The number of fused-ring (bicyclic) bond motifs is 1. The van der Waals surface area contributed by atoms with E-state index in [0.29, 0.717) is 10.9 Å². The summed E-state index contributed by atoms with van der Waals surface area (Å²) in [6.07, 6.45) is -1.19. The molecule has 5 heteroatoms. The number of nitrogens with zero attached hydrogens (tertiary/aromatic N) is 2. The molecule has 1 aromatic heterocycles. The van der Waals surface area contributed by atoms with Crippen LogP contribution in [0.2, 0.25) is 0 Å². The van der Waals surface area contributed by atoms with Gasteiger partial charge in [0.15, 0.2) is 0 Å². The van der Waals surface area contributed by atoms with Crippen LogP contribution in [-0.2, 0) is 6.54 Å². The molecule has 2 aromatic rings. The molecule has 0 N–H and O–H groups in total. The number of rotatable bonds is 2.